The van der Waals surface area contributed by atoms with Crippen LogP contribution in [0.3, 0.4) is 0 Å². The number of aryl methyl sites for hydroxylation is 1. The SMILES string of the molecule is CCCc1ccccc1OS(=O)(=O)c1ccc(N2C=CCNC2=O)cc1. The molecular formula is C19H20N2O4S. The van der Waals surface area contributed by atoms with Gasteiger partial charge in [0.2, 0.25) is 0 Å². The first-order valence-electron chi connectivity index (χ1n) is 8.37. The molecule has 0 fully saturated rings. The Morgan fingerprint density at radius 1 is 1.12 bits per heavy atom. The van der Waals surface area contributed by atoms with Gasteiger partial charge in [0.15, 0.2) is 0 Å². The van der Waals surface area contributed by atoms with Gasteiger partial charge in [-0.3, -0.25) is 4.90 Å². The third-order valence-corrected chi connectivity index (χ3v) is 5.19. The van der Waals surface area contributed by atoms with Crippen LogP contribution in [0.15, 0.2) is 65.7 Å². The molecule has 2 aromatic rings. The van der Waals surface area contributed by atoms with Crippen LogP contribution < -0.4 is 14.4 Å². The van der Waals surface area contributed by atoms with Crippen molar-refractivity contribution in [3.63, 3.8) is 0 Å². The number of carbonyl (C=O) groups excluding carboxylic acids is 1. The van der Waals surface area contributed by atoms with Gasteiger partial charge in [-0.2, -0.15) is 8.42 Å². The largest absolute Gasteiger partial charge is 0.379 e. The number of urea groups is 1. The second kappa shape index (κ2) is 7.61. The van der Waals surface area contributed by atoms with Crippen molar-refractivity contribution >= 4 is 21.8 Å². The van der Waals surface area contributed by atoms with Crippen LogP contribution in [-0.4, -0.2) is 21.0 Å². The minimum absolute atomic E-state index is 0.0361. The molecule has 0 spiro atoms. The maximum Gasteiger partial charge on any atom is 0.339 e. The maximum atomic E-state index is 12.6. The smallest absolute Gasteiger partial charge is 0.339 e. The van der Waals surface area contributed by atoms with Gasteiger partial charge in [-0.1, -0.05) is 31.5 Å². The number of amides is 2. The average molecular weight is 372 g/mol. The molecular weight excluding hydrogens is 352 g/mol. The predicted octanol–water partition coefficient (Wildman–Crippen LogP) is 3.45. The number of nitrogens with zero attached hydrogens (tertiary/aromatic N) is 1. The lowest BCUT2D eigenvalue weighted by atomic mass is 10.1. The molecule has 0 radical (unpaired) electrons. The number of hydrogen-bond acceptors (Lipinski definition) is 4. The normalized spacial score (nSPS) is 14.2. The first-order valence-corrected chi connectivity index (χ1v) is 9.78. The van der Waals surface area contributed by atoms with Gasteiger partial charge in [0.05, 0.1) is 5.69 Å². The maximum absolute atomic E-state index is 12.6. The van der Waals surface area contributed by atoms with E-state index < -0.39 is 10.1 Å². The zero-order valence-electron chi connectivity index (χ0n) is 14.4. The van der Waals surface area contributed by atoms with Gasteiger partial charge in [0, 0.05) is 12.7 Å². The van der Waals surface area contributed by atoms with Crippen molar-refractivity contribution < 1.29 is 17.4 Å². The van der Waals surface area contributed by atoms with Crippen molar-refractivity contribution in [1.29, 1.82) is 0 Å². The summed E-state index contributed by atoms with van der Waals surface area (Å²) in [5, 5.41) is 2.68. The van der Waals surface area contributed by atoms with Crippen molar-refractivity contribution in [1.82, 2.24) is 5.32 Å². The van der Waals surface area contributed by atoms with Crippen LogP contribution in [0.25, 0.3) is 0 Å². The summed E-state index contributed by atoms with van der Waals surface area (Å²) in [7, 11) is -3.95. The molecule has 3 rings (SSSR count). The van der Waals surface area contributed by atoms with E-state index in [0.717, 1.165) is 18.4 Å². The second-order valence-electron chi connectivity index (χ2n) is 5.83. The van der Waals surface area contributed by atoms with E-state index in [2.05, 4.69) is 5.32 Å². The summed E-state index contributed by atoms with van der Waals surface area (Å²) in [5.74, 6) is 0.344. The Labute approximate surface area is 153 Å². The lowest BCUT2D eigenvalue weighted by Gasteiger charge is -2.22. The zero-order valence-corrected chi connectivity index (χ0v) is 15.2. The van der Waals surface area contributed by atoms with E-state index in [1.165, 1.54) is 17.0 Å². The van der Waals surface area contributed by atoms with Crippen LogP contribution in [0.2, 0.25) is 0 Å². The number of anilines is 1. The second-order valence-corrected chi connectivity index (χ2v) is 7.38. The number of rotatable bonds is 6. The molecule has 0 unspecified atom stereocenters. The number of para-hydroxylation sites is 1. The zero-order chi connectivity index (χ0) is 18.6. The Morgan fingerprint density at radius 2 is 1.85 bits per heavy atom. The fourth-order valence-corrected chi connectivity index (χ4v) is 3.63. The topological polar surface area (TPSA) is 75.7 Å². The molecule has 136 valence electrons. The van der Waals surface area contributed by atoms with Gasteiger partial charge >= 0.3 is 16.1 Å². The molecule has 0 aromatic heterocycles. The highest BCUT2D eigenvalue weighted by Gasteiger charge is 2.20. The summed E-state index contributed by atoms with van der Waals surface area (Å²) >= 11 is 0. The number of benzene rings is 2. The molecule has 0 saturated carbocycles. The van der Waals surface area contributed by atoms with E-state index in [4.69, 9.17) is 4.18 Å². The van der Waals surface area contributed by atoms with E-state index >= 15 is 0 Å². The highest BCUT2D eigenvalue weighted by molar-refractivity contribution is 7.87. The Hall–Kier alpha value is -2.80. The van der Waals surface area contributed by atoms with Gasteiger partial charge in [-0.05, 0) is 48.4 Å². The lowest BCUT2D eigenvalue weighted by Crippen LogP contribution is -2.39. The summed E-state index contributed by atoms with van der Waals surface area (Å²) in [5.41, 5.74) is 1.43. The van der Waals surface area contributed by atoms with E-state index in [1.54, 1.807) is 36.5 Å². The molecule has 2 amide bonds. The summed E-state index contributed by atoms with van der Waals surface area (Å²) in [6.07, 6.45) is 5.08. The van der Waals surface area contributed by atoms with E-state index in [-0.39, 0.29) is 10.9 Å². The molecule has 0 aliphatic carbocycles. The molecule has 6 nitrogen and oxygen atoms in total. The third kappa shape index (κ3) is 3.88. The molecule has 0 saturated heterocycles. The summed E-state index contributed by atoms with van der Waals surface area (Å²) < 4.78 is 30.5. The van der Waals surface area contributed by atoms with Crippen LogP contribution in [0.5, 0.6) is 5.75 Å². The molecule has 7 heteroatoms. The molecule has 2 aromatic carbocycles. The highest BCUT2D eigenvalue weighted by atomic mass is 32.2. The Morgan fingerprint density at radius 3 is 2.54 bits per heavy atom. The number of carbonyl (C=O) groups is 1. The van der Waals surface area contributed by atoms with Gasteiger partial charge in [-0.15, -0.1) is 0 Å². The Balaban J connectivity index is 1.83. The summed E-state index contributed by atoms with van der Waals surface area (Å²) in [4.78, 5) is 13.3. The van der Waals surface area contributed by atoms with Crippen molar-refractivity contribution in [3.8, 4) is 5.75 Å². The molecule has 0 bridgehead atoms. The van der Waals surface area contributed by atoms with Crippen molar-refractivity contribution in [2.45, 2.75) is 24.7 Å². The van der Waals surface area contributed by atoms with Crippen LogP contribution in [0.1, 0.15) is 18.9 Å². The Bertz CT molecular complexity index is 921. The van der Waals surface area contributed by atoms with Gasteiger partial charge in [-0.25, -0.2) is 4.79 Å². The van der Waals surface area contributed by atoms with E-state index in [1.807, 2.05) is 19.1 Å². The van der Waals surface area contributed by atoms with Crippen LogP contribution in [-0.2, 0) is 16.5 Å². The van der Waals surface area contributed by atoms with E-state index in [9.17, 15) is 13.2 Å². The van der Waals surface area contributed by atoms with Gasteiger partial charge in [0.25, 0.3) is 0 Å². The first-order chi connectivity index (χ1) is 12.5. The van der Waals surface area contributed by atoms with Crippen LogP contribution >= 0.6 is 0 Å². The average Bonchev–Trinajstić information content (AvgIpc) is 2.64. The predicted molar refractivity (Wildman–Crippen MR) is 99.7 cm³/mol. The lowest BCUT2D eigenvalue weighted by molar-refractivity contribution is 0.248. The minimum Gasteiger partial charge on any atom is -0.379 e. The minimum atomic E-state index is -3.95. The molecule has 1 heterocycles. The molecule has 1 aliphatic rings. The molecule has 26 heavy (non-hydrogen) atoms. The standard InChI is InChI=1S/C19H20N2O4S/c1-2-6-15-7-3-4-8-18(15)25-26(23,24)17-11-9-16(10-12-17)21-14-5-13-20-19(21)22/h3-5,7-12,14H,2,6,13H2,1H3,(H,20,22). The molecule has 1 N–H and O–H groups in total. The van der Waals surface area contributed by atoms with E-state index in [0.29, 0.717) is 18.0 Å². The fourth-order valence-electron chi connectivity index (χ4n) is 2.66. The molecule has 0 atom stereocenters. The van der Waals surface area contributed by atoms with Crippen LogP contribution in [0.4, 0.5) is 10.5 Å². The summed E-state index contributed by atoms with van der Waals surface area (Å²) in [6.45, 7) is 2.50. The van der Waals surface area contributed by atoms with Crippen molar-refractivity contribution in [2.75, 3.05) is 11.4 Å². The van der Waals surface area contributed by atoms with Gasteiger partial charge < -0.3 is 9.50 Å². The monoisotopic (exact) mass is 372 g/mol. The number of hydrogen-bond donors (Lipinski definition) is 1. The highest BCUT2D eigenvalue weighted by Crippen LogP contribution is 2.25. The quantitative estimate of drug-likeness (QED) is 0.788. The van der Waals surface area contributed by atoms with Crippen LogP contribution in [0, 0.1) is 0 Å². The van der Waals surface area contributed by atoms with Crippen molar-refractivity contribution in [3.05, 3.63) is 66.4 Å². The third-order valence-electron chi connectivity index (χ3n) is 3.94. The fraction of sp³-hybridized carbons (Fsp3) is 0.211. The van der Waals surface area contributed by atoms with Crippen molar-refractivity contribution in [2.24, 2.45) is 0 Å². The molecule has 1 aliphatic heterocycles. The van der Waals surface area contributed by atoms with Gasteiger partial charge in [0.1, 0.15) is 10.6 Å². The number of nitrogens with one attached hydrogen (secondary N) is 1. The Kier molecular flexibility index (Phi) is 5.27. The summed E-state index contributed by atoms with van der Waals surface area (Å²) in [6, 6.07) is 12.9. The first kappa shape index (κ1) is 18.0.